The smallest absolute Gasteiger partial charge is 0.254 e. The van der Waals surface area contributed by atoms with Gasteiger partial charge in [-0.2, -0.15) is 0 Å². The topological polar surface area (TPSA) is 46.6 Å². The number of rotatable bonds is 3. The molecule has 1 heterocycles. The maximum atomic E-state index is 13.0. The van der Waals surface area contributed by atoms with Gasteiger partial charge in [-0.25, -0.2) is 0 Å². The highest BCUT2D eigenvalue weighted by atomic mass is 16.5. The van der Waals surface area contributed by atoms with E-state index >= 15 is 0 Å². The van der Waals surface area contributed by atoms with Crippen molar-refractivity contribution in [1.29, 1.82) is 0 Å². The first-order valence-corrected chi connectivity index (χ1v) is 8.59. The SMILES string of the molecule is Cc1ccc(C(=O)c2ccccc2C(=O)N2CCOC(C)C2)cc1C. The van der Waals surface area contributed by atoms with Crippen LogP contribution in [0, 0.1) is 13.8 Å². The summed E-state index contributed by atoms with van der Waals surface area (Å²) in [6.45, 7) is 7.57. The zero-order valence-electron chi connectivity index (χ0n) is 14.9. The molecule has 2 aromatic carbocycles. The molecule has 0 spiro atoms. The van der Waals surface area contributed by atoms with Crippen LogP contribution in [0.5, 0.6) is 0 Å². The van der Waals surface area contributed by atoms with Gasteiger partial charge >= 0.3 is 0 Å². The summed E-state index contributed by atoms with van der Waals surface area (Å²) in [6.07, 6.45) is 0.0142. The predicted octanol–water partition coefficient (Wildman–Crippen LogP) is 3.40. The molecule has 1 aliphatic rings. The molecule has 0 bridgehead atoms. The van der Waals surface area contributed by atoms with E-state index in [1.165, 1.54) is 0 Å². The highest BCUT2D eigenvalue weighted by Crippen LogP contribution is 2.20. The zero-order chi connectivity index (χ0) is 18.0. The van der Waals surface area contributed by atoms with Crippen LogP contribution < -0.4 is 0 Å². The van der Waals surface area contributed by atoms with Gasteiger partial charge in [-0.15, -0.1) is 0 Å². The third kappa shape index (κ3) is 3.64. The Morgan fingerprint density at radius 2 is 1.76 bits per heavy atom. The quantitative estimate of drug-likeness (QED) is 0.807. The highest BCUT2D eigenvalue weighted by Gasteiger charge is 2.26. The van der Waals surface area contributed by atoms with E-state index in [4.69, 9.17) is 4.74 Å². The molecule has 2 aromatic rings. The number of hydrogen-bond acceptors (Lipinski definition) is 3. The van der Waals surface area contributed by atoms with E-state index in [1.807, 2.05) is 39.0 Å². The van der Waals surface area contributed by atoms with E-state index in [1.54, 1.807) is 29.2 Å². The summed E-state index contributed by atoms with van der Waals surface area (Å²) in [7, 11) is 0. The van der Waals surface area contributed by atoms with Crippen LogP contribution in [-0.2, 0) is 4.74 Å². The van der Waals surface area contributed by atoms with Crippen molar-refractivity contribution in [2.45, 2.75) is 26.9 Å². The van der Waals surface area contributed by atoms with Gasteiger partial charge in [-0.1, -0.05) is 30.3 Å². The molecule has 4 heteroatoms. The van der Waals surface area contributed by atoms with Crippen LogP contribution in [0.25, 0.3) is 0 Å². The Hall–Kier alpha value is -2.46. The molecule has 1 aliphatic heterocycles. The van der Waals surface area contributed by atoms with Gasteiger partial charge in [0, 0.05) is 24.2 Å². The van der Waals surface area contributed by atoms with Gasteiger partial charge in [0.1, 0.15) is 0 Å². The van der Waals surface area contributed by atoms with Crippen molar-refractivity contribution in [2.75, 3.05) is 19.7 Å². The number of morpholine rings is 1. The Balaban J connectivity index is 1.93. The molecule has 4 nitrogen and oxygen atoms in total. The normalized spacial score (nSPS) is 17.4. The van der Waals surface area contributed by atoms with Crippen LogP contribution >= 0.6 is 0 Å². The van der Waals surface area contributed by atoms with E-state index in [2.05, 4.69) is 0 Å². The number of carbonyl (C=O) groups is 2. The van der Waals surface area contributed by atoms with Crippen LogP contribution in [0.15, 0.2) is 42.5 Å². The summed E-state index contributed by atoms with van der Waals surface area (Å²) in [4.78, 5) is 27.7. The molecule has 0 aromatic heterocycles. The van der Waals surface area contributed by atoms with E-state index < -0.39 is 0 Å². The van der Waals surface area contributed by atoms with Gasteiger partial charge in [0.25, 0.3) is 5.91 Å². The zero-order valence-corrected chi connectivity index (χ0v) is 14.9. The Morgan fingerprint density at radius 1 is 1.04 bits per heavy atom. The molecule has 130 valence electrons. The lowest BCUT2D eigenvalue weighted by atomic mass is 9.95. The summed E-state index contributed by atoms with van der Waals surface area (Å²) in [5.74, 6) is -0.226. The Bertz CT molecular complexity index is 813. The van der Waals surface area contributed by atoms with Crippen LogP contribution in [0.3, 0.4) is 0 Å². The third-order valence-electron chi connectivity index (χ3n) is 4.70. The summed E-state index contributed by atoms with van der Waals surface area (Å²) in [6, 6.07) is 12.7. The third-order valence-corrected chi connectivity index (χ3v) is 4.70. The first-order chi connectivity index (χ1) is 12.0. The fraction of sp³-hybridized carbons (Fsp3) is 0.333. The lowest BCUT2D eigenvalue weighted by Crippen LogP contribution is -2.44. The predicted molar refractivity (Wildman–Crippen MR) is 97.1 cm³/mol. The van der Waals surface area contributed by atoms with E-state index in [-0.39, 0.29) is 17.8 Å². The maximum absolute atomic E-state index is 13.0. The maximum Gasteiger partial charge on any atom is 0.254 e. The largest absolute Gasteiger partial charge is 0.375 e. The minimum atomic E-state index is -0.117. The molecule has 0 saturated carbocycles. The van der Waals surface area contributed by atoms with E-state index in [0.29, 0.717) is 36.4 Å². The fourth-order valence-electron chi connectivity index (χ4n) is 3.08. The molecule has 1 fully saturated rings. The molecular formula is C21H23NO3. The van der Waals surface area contributed by atoms with Crippen LogP contribution in [0.2, 0.25) is 0 Å². The molecule has 1 unspecified atom stereocenters. The average Bonchev–Trinajstić information content (AvgIpc) is 2.63. The molecule has 1 saturated heterocycles. The number of ether oxygens (including phenoxy) is 1. The van der Waals surface area contributed by atoms with Crippen molar-refractivity contribution < 1.29 is 14.3 Å². The van der Waals surface area contributed by atoms with Crippen molar-refractivity contribution in [2.24, 2.45) is 0 Å². The standard InChI is InChI=1S/C21H23NO3/c1-14-8-9-17(12-15(14)2)20(23)18-6-4-5-7-19(18)21(24)22-10-11-25-16(3)13-22/h4-9,12,16H,10-11,13H2,1-3H3. The molecule has 3 rings (SSSR count). The number of hydrogen-bond donors (Lipinski definition) is 0. The Kier molecular flexibility index (Phi) is 5.00. The summed E-state index contributed by atoms with van der Waals surface area (Å²) in [5.41, 5.74) is 3.73. The van der Waals surface area contributed by atoms with Crippen molar-refractivity contribution in [3.8, 4) is 0 Å². The average molecular weight is 337 g/mol. The Morgan fingerprint density at radius 3 is 2.44 bits per heavy atom. The molecular weight excluding hydrogens is 314 g/mol. The van der Waals surface area contributed by atoms with Gasteiger partial charge in [0.2, 0.25) is 0 Å². The molecule has 0 N–H and O–H groups in total. The number of nitrogens with zero attached hydrogens (tertiary/aromatic N) is 1. The van der Waals surface area contributed by atoms with Crippen molar-refractivity contribution in [3.05, 3.63) is 70.3 Å². The molecule has 1 atom stereocenters. The van der Waals surface area contributed by atoms with Gasteiger partial charge in [0.05, 0.1) is 18.3 Å². The second kappa shape index (κ2) is 7.19. The summed E-state index contributed by atoms with van der Waals surface area (Å²) in [5, 5.41) is 0. The molecule has 25 heavy (non-hydrogen) atoms. The number of ketones is 1. The van der Waals surface area contributed by atoms with Crippen LogP contribution in [0.1, 0.15) is 44.3 Å². The van der Waals surface area contributed by atoms with E-state index in [0.717, 1.165) is 11.1 Å². The van der Waals surface area contributed by atoms with Gasteiger partial charge in [0.15, 0.2) is 5.78 Å². The summed E-state index contributed by atoms with van der Waals surface area (Å²) < 4.78 is 5.50. The molecule has 0 radical (unpaired) electrons. The lowest BCUT2D eigenvalue weighted by Gasteiger charge is -2.31. The first-order valence-electron chi connectivity index (χ1n) is 8.59. The minimum Gasteiger partial charge on any atom is -0.375 e. The second-order valence-corrected chi connectivity index (χ2v) is 6.61. The van der Waals surface area contributed by atoms with Crippen LogP contribution in [-0.4, -0.2) is 42.4 Å². The van der Waals surface area contributed by atoms with Gasteiger partial charge in [-0.05, 0) is 44.0 Å². The number of amides is 1. The van der Waals surface area contributed by atoms with Gasteiger partial charge < -0.3 is 9.64 Å². The molecule has 1 amide bonds. The minimum absolute atomic E-state index is 0.0142. The summed E-state index contributed by atoms with van der Waals surface area (Å²) >= 11 is 0. The highest BCUT2D eigenvalue weighted by molar-refractivity contribution is 6.15. The fourth-order valence-corrected chi connectivity index (χ4v) is 3.08. The number of benzene rings is 2. The molecule has 0 aliphatic carbocycles. The number of aryl methyl sites for hydroxylation is 2. The van der Waals surface area contributed by atoms with Crippen LogP contribution in [0.4, 0.5) is 0 Å². The lowest BCUT2D eigenvalue weighted by molar-refractivity contribution is -0.0124. The van der Waals surface area contributed by atoms with Gasteiger partial charge in [-0.3, -0.25) is 9.59 Å². The second-order valence-electron chi connectivity index (χ2n) is 6.61. The Labute approximate surface area is 148 Å². The first kappa shape index (κ1) is 17.4. The monoisotopic (exact) mass is 337 g/mol. The van der Waals surface area contributed by atoms with Crippen molar-refractivity contribution >= 4 is 11.7 Å². The number of carbonyl (C=O) groups excluding carboxylic acids is 2. The van der Waals surface area contributed by atoms with Crippen molar-refractivity contribution in [1.82, 2.24) is 4.90 Å². The van der Waals surface area contributed by atoms with Crippen molar-refractivity contribution in [3.63, 3.8) is 0 Å². The van der Waals surface area contributed by atoms with E-state index in [9.17, 15) is 9.59 Å².